The molecule has 0 saturated carbocycles. The lowest BCUT2D eigenvalue weighted by atomic mass is 9.98. The third-order valence-corrected chi connectivity index (χ3v) is 2.11. The van der Waals surface area contributed by atoms with Gasteiger partial charge >= 0.3 is 0 Å². The van der Waals surface area contributed by atoms with Gasteiger partial charge in [-0.3, -0.25) is 0 Å². The van der Waals surface area contributed by atoms with Crippen molar-refractivity contribution in [3.05, 3.63) is 29.3 Å². The van der Waals surface area contributed by atoms with Crippen LogP contribution in [0.3, 0.4) is 0 Å². The zero-order valence-electron chi connectivity index (χ0n) is 9.29. The Balaban J connectivity index is 2.90. The summed E-state index contributed by atoms with van der Waals surface area (Å²) in [4.78, 5) is 0. The normalized spacial score (nSPS) is 11.5. The zero-order chi connectivity index (χ0) is 10.8. The zero-order valence-corrected chi connectivity index (χ0v) is 9.29. The molecule has 0 saturated heterocycles. The molecule has 0 atom stereocenters. The highest BCUT2D eigenvalue weighted by atomic mass is 16.5. The first-order valence-corrected chi connectivity index (χ1v) is 4.78. The lowest BCUT2D eigenvalue weighted by molar-refractivity contribution is 0.0809. The topological polar surface area (TPSA) is 29.5 Å². The Morgan fingerprint density at radius 3 is 2.50 bits per heavy atom. The van der Waals surface area contributed by atoms with Crippen LogP contribution in [0.15, 0.2) is 18.2 Å². The van der Waals surface area contributed by atoms with Crippen LogP contribution in [-0.4, -0.2) is 17.8 Å². The van der Waals surface area contributed by atoms with Gasteiger partial charge in [0.15, 0.2) is 0 Å². The van der Waals surface area contributed by atoms with E-state index in [0.717, 1.165) is 16.9 Å². The highest BCUT2D eigenvalue weighted by Crippen LogP contribution is 2.21. The predicted octanol–water partition coefficient (Wildman–Crippen LogP) is 2.32. The number of rotatable bonds is 3. The monoisotopic (exact) mass is 194 g/mol. The second-order valence-corrected chi connectivity index (χ2v) is 4.29. The second-order valence-electron chi connectivity index (χ2n) is 4.29. The van der Waals surface area contributed by atoms with Crippen molar-refractivity contribution in [1.82, 2.24) is 0 Å². The fourth-order valence-electron chi connectivity index (χ4n) is 1.47. The maximum atomic E-state index is 9.66. The highest BCUT2D eigenvalue weighted by Gasteiger charge is 2.13. The van der Waals surface area contributed by atoms with Crippen LogP contribution in [0.4, 0.5) is 0 Å². The molecule has 0 unspecified atom stereocenters. The van der Waals surface area contributed by atoms with Crippen molar-refractivity contribution in [1.29, 1.82) is 0 Å². The van der Waals surface area contributed by atoms with E-state index >= 15 is 0 Å². The van der Waals surface area contributed by atoms with Crippen molar-refractivity contribution in [3.63, 3.8) is 0 Å². The molecule has 0 amide bonds. The Morgan fingerprint density at radius 1 is 1.36 bits per heavy atom. The van der Waals surface area contributed by atoms with Gasteiger partial charge in [0.05, 0.1) is 12.7 Å². The van der Waals surface area contributed by atoms with Gasteiger partial charge in [-0.1, -0.05) is 12.1 Å². The number of hydrogen-bond acceptors (Lipinski definition) is 2. The standard InChI is InChI=1S/C12H18O2/c1-9-5-6-10(7-11(9)14-4)8-12(2,3)13/h5-7,13H,8H2,1-4H3. The minimum absolute atomic E-state index is 0.642. The van der Waals surface area contributed by atoms with Crippen LogP contribution in [0.1, 0.15) is 25.0 Å². The van der Waals surface area contributed by atoms with E-state index in [4.69, 9.17) is 4.74 Å². The van der Waals surface area contributed by atoms with E-state index in [1.807, 2.05) is 25.1 Å². The molecule has 1 aromatic rings. The summed E-state index contributed by atoms with van der Waals surface area (Å²) in [6.07, 6.45) is 0.642. The van der Waals surface area contributed by atoms with Crippen LogP contribution in [0.5, 0.6) is 5.75 Å². The summed E-state index contributed by atoms with van der Waals surface area (Å²) in [5.74, 6) is 0.881. The van der Waals surface area contributed by atoms with Crippen molar-refractivity contribution in [2.75, 3.05) is 7.11 Å². The molecule has 1 aromatic carbocycles. The number of benzene rings is 1. The SMILES string of the molecule is COc1cc(CC(C)(C)O)ccc1C. The summed E-state index contributed by atoms with van der Waals surface area (Å²) in [5, 5.41) is 9.66. The molecule has 0 aliphatic heterocycles. The second kappa shape index (κ2) is 4.01. The molecule has 0 radical (unpaired) electrons. The Bertz CT molecular complexity index is 311. The third kappa shape index (κ3) is 3.04. The van der Waals surface area contributed by atoms with E-state index in [2.05, 4.69) is 0 Å². The number of methoxy groups -OCH3 is 1. The van der Waals surface area contributed by atoms with Crippen LogP contribution in [0.2, 0.25) is 0 Å². The molecule has 0 aromatic heterocycles. The van der Waals surface area contributed by atoms with Crippen molar-refractivity contribution in [3.8, 4) is 5.75 Å². The van der Waals surface area contributed by atoms with Crippen LogP contribution < -0.4 is 4.74 Å². The summed E-state index contributed by atoms with van der Waals surface area (Å²) in [6, 6.07) is 6.02. The molecule has 78 valence electrons. The lowest BCUT2D eigenvalue weighted by Gasteiger charge is -2.17. The number of aliphatic hydroxyl groups is 1. The summed E-state index contributed by atoms with van der Waals surface area (Å²) < 4.78 is 5.22. The average molecular weight is 194 g/mol. The Morgan fingerprint density at radius 2 is 2.00 bits per heavy atom. The van der Waals surface area contributed by atoms with Gasteiger partial charge in [0, 0.05) is 6.42 Å². The van der Waals surface area contributed by atoms with E-state index in [9.17, 15) is 5.11 Å². The molecule has 1 rings (SSSR count). The number of aryl methyl sites for hydroxylation is 1. The van der Waals surface area contributed by atoms with E-state index < -0.39 is 5.60 Å². The van der Waals surface area contributed by atoms with Gasteiger partial charge in [-0.25, -0.2) is 0 Å². The first-order chi connectivity index (χ1) is 6.42. The van der Waals surface area contributed by atoms with Crippen molar-refractivity contribution in [2.24, 2.45) is 0 Å². The van der Waals surface area contributed by atoms with Gasteiger partial charge in [0.2, 0.25) is 0 Å². The maximum absolute atomic E-state index is 9.66. The molecule has 0 bridgehead atoms. The average Bonchev–Trinajstić information content (AvgIpc) is 2.06. The van der Waals surface area contributed by atoms with Crippen molar-refractivity contribution >= 4 is 0 Å². The van der Waals surface area contributed by atoms with Gasteiger partial charge in [0.25, 0.3) is 0 Å². The van der Waals surface area contributed by atoms with Crippen molar-refractivity contribution in [2.45, 2.75) is 32.8 Å². The highest BCUT2D eigenvalue weighted by molar-refractivity contribution is 5.36. The van der Waals surface area contributed by atoms with E-state index in [-0.39, 0.29) is 0 Å². The molecule has 0 aliphatic carbocycles. The minimum Gasteiger partial charge on any atom is -0.496 e. The number of ether oxygens (including phenoxy) is 1. The molecule has 14 heavy (non-hydrogen) atoms. The minimum atomic E-state index is -0.666. The Labute approximate surface area is 85.5 Å². The molecule has 2 nitrogen and oxygen atoms in total. The summed E-state index contributed by atoms with van der Waals surface area (Å²) in [5.41, 5.74) is 1.55. The quantitative estimate of drug-likeness (QED) is 0.800. The molecular formula is C12H18O2. The third-order valence-electron chi connectivity index (χ3n) is 2.11. The van der Waals surface area contributed by atoms with Gasteiger partial charge < -0.3 is 9.84 Å². The first-order valence-electron chi connectivity index (χ1n) is 4.78. The van der Waals surface area contributed by atoms with E-state index in [1.165, 1.54) is 0 Å². The van der Waals surface area contributed by atoms with Gasteiger partial charge in [-0.15, -0.1) is 0 Å². The predicted molar refractivity (Wildman–Crippen MR) is 57.7 cm³/mol. The van der Waals surface area contributed by atoms with Crippen molar-refractivity contribution < 1.29 is 9.84 Å². The molecule has 0 heterocycles. The van der Waals surface area contributed by atoms with Crippen LogP contribution >= 0.6 is 0 Å². The largest absolute Gasteiger partial charge is 0.496 e. The lowest BCUT2D eigenvalue weighted by Crippen LogP contribution is -2.21. The molecule has 0 fully saturated rings. The summed E-state index contributed by atoms with van der Waals surface area (Å²) in [7, 11) is 1.66. The number of hydrogen-bond donors (Lipinski definition) is 1. The van der Waals surface area contributed by atoms with Crippen LogP contribution in [0, 0.1) is 6.92 Å². The molecule has 0 aliphatic rings. The molecule has 0 spiro atoms. The molecule has 2 heteroatoms. The Hall–Kier alpha value is -1.02. The van der Waals surface area contributed by atoms with Crippen LogP contribution in [-0.2, 0) is 6.42 Å². The first kappa shape index (κ1) is 11.1. The summed E-state index contributed by atoms with van der Waals surface area (Å²) >= 11 is 0. The smallest absolute Gasteiger partial charge is 0.122 e. The maximum Gasteiger partial charge on any atom is 0.122 e. The molecule has 1 N–H and O–H groups in total. The fraction of sp³-hybridized carbons (Fsp3) is 0.500. The van der Waals surface area contributed by atoms with Crippen LogP contribution in [0.25, 0.3) is 0 Å². The summed E-state index contributed by atoms with van der Waals surface area (Å²) in [6.45, 7) is 5.62. The van der Waals surface area contributed by atoms with Gasteiger partial charge in [-0.05, 0) is 38.0 Å². The van der Waals surface area contributed by atoms with E-state index in [1.54, 1.807) is 21.0 Å². The van der Waals surface area contributed by atoms with Gasteiger partial charge in [0.1, 0.15) is 5.75 Å². The van der Waals surface area contributed by atoms with E-state index in [0.29, 0.717) is 6.42 Å². The molecular weight excluding hydrogens is 176 g/mol. The van der Waals surface area contributed by atoms with Gasteiger partial charge in [-0.2, -0.15) is 0 Å². The Kier molecular flexibility index (Phi) is 3.17. The fourth-order valence-corrected chi connectivity index (χ4v) is 1.47.